The number of carbonyl (C=O) groups excluding carboxylic acids is 1. The van der Waals surface area contributed by atoms with E-state index in [2.05, 4.69) is 14.7 Å². The van der Waals surface area contributed by atoms with E-state index in [0.29, 0.717) is 32.8 Å². The fourth-order valence-corrected chi connectivity index (χ4v) is 4.86. The van der Waals surface area contributed by atoms with Crippen molar-refractivity contribution in [1.29, 1.82) is 0 Å². The molecule has 0 radical (unpaired) electrons. The number of benzene rings is 1. The summed E-state index contributed by atoms with van der Waals surface area (Å²) in [6.45, 7) is 3.86. The van der Waals surface area contributed by atoms with Crippen LogP contribution in [-0.4, -0.2) is 59.5 Å². The summed E-state index contributed by atoms with van der Waals surface area (Å²) in [6.07, 6.45) is 2.65. The summed E-state index contributed by atoms with van der Waals surface area (Å²) in [7, 11) is -1.81. The number of nitrogens with two attached hydrogens (primary N) is 1. The molecule has 0 saturated carbocycles. The molecular formula is C20H24Cl2N6O3S. The van der Waals surface area contributed by atoms with E-state index >= 15 is 0 Å². The lowest BCUT2D eigenvalue weighted by Gasteiger charge is -2.20. The van der Waals surface area contributed by atoms with Gasteiger partial charge in [0.25, 0.3) is 5.91 Å². The van der Waals surface area contributed by atoms with Gasteiger partial charge in [0, 0.05) is 54.2 Å². The van der Waals surface area contributed by atoms with Gasteiger partial charge in [-0.3, -0.25) is 9.20 Å². The molecule has 3 aromatic rings. The largest absolute Gasteiger partial charge is 0.339 e. The minimum absolute atomic E-state index is 0.159. The molecule has 172 valence electrons. The molecule has 0 aliphatic carbocycles. The van der Waals surface area contributed by atoms with Gasteiger partial charge < -0.3 is 10.6 Å². The summed E-state index contributed by atoms with van der Waals surface area (Å²) in [5.41, 5.74) is 8.96. The maximum absolute atomic E-state index is 13.0. The van der Waals surface area contributed by atoms with Crippen molar-refractivity contribution in [3.05, 3.63) is 51.4 Å². The van der Waals surface area contributed by atoms with Crippen LogP contribution in [0.4, 0.5) is 0 Å². The van der Waals surface area contributed by atoms with Crippen molar-refractivity contribution in [2.75, 3.05) is 19.8 Å². The van der Waals surface area contributed by atoms with Crippen molar-refractivity contribution in [3.8, 4) is 11.3 Å². The number of amides is 1. The third-order valence-corrected chi connectivity index (χ3v) is 6.22. The van der Waals surface area contributed by atoms with Crippen LogP contribution >= 0.6 is 23.2 Å². The number of aryl methyl sites for hydroxylation is 1. The Hall–Kier alpha value is -2.24. The van der Waals surface area contributed by atoms with Crippen molar-refractivity contribution in [2.45, 2.75) is 26.4 Å². The van der Waals surface area contributed by atoms with Crippen LogP contribution in [0.5, 0.6) is 0 Å². The average molecular weight is 499 g/mol. The Morgan fingerprint density at radius 1 is 1.31 bits per heavy atom. The Morgan fingerprint density at radius 3 is 2.59 bits per heavy atom. The molecule has 3 rings (SSSR count). The number of imidazole rings is 1. The van der Waals surface area contributed by atoms with Crippen molar-refractivity contribution in [1.82, 2.24) is 24.0 Å². The fourth-order valence-electron chi connectivity index (χ4n) is 3.56. The van der Waals surface area contributed by atoms with Gasteiger partial charge in [0.05, 0.1) is 17.0 Å². The first-order valence-electron chi connectivity index (χ1n) is 9.68. The Bertz CT molecular complexity index is 1290. The SMILES string of the molecule is Cc1nc2nc(C(=O)N(C)C[C@@H](C)NS(C)(=O)=O)cn2c(-c2ccc(Cl)cc2Cl)c1CN. The van der Waals surface area contributed by atoms with Crippen LogP contribution in [0.1, 0.15) is 28.7 Å². The summed E-state index contributed by atoms with van der Waals surface area (Å²) in [5.74, 6) is -0.0578. The highest BCUT2D eigenvalue weighted by molar-refractivity contribution is 7.88. The number of aromatic nitrogens is 3. The van der Waals surface area contributed by atoms with E-state index in [4.69, 9.17) is 28.9 Å². The number of hydrogen-bond acceptors (Lipinski definition) is 6. The molecule has 0 spiro atoms. The van der Waals surface area contributed by atoms with Gasteiger partial charge in [0.2, 0.25) is 15.8 Å². The van der Waals surface area contributed by atoms with Crippen LogP contribution in [0, 0.1) is 6.92 Å². The monoisotopic (exact) mass is 498 g/mol. The molecule has 1 atom stereocenters. The maximum Gasteiger partial charge on any atom is 0.273 e. The van der Waals surface area contributed by atoms with Gasteiger partial charge >= 0.3 is 0 Å². The Morgan fingerprint density at radius 2 is 2.00 bits per heavy atom. The third kappa shape index (κ3) is 5.21. The first-order chi connectivity index (χ1) is 14.9. The quantitative estimate of drug-likeness (QED) is 0.515. The molecule has 9 nitrogen and oxygen atoms in total. The minimum Gasteiger partial charge on any atom is -0.339 e. The highest BCUT2D eigenvalue weighted by atomic mass is 35.5. The van der Waals surface area contributed by atoms with Gasteiger partial charge in [-0.2, -0.15) is 0 Å². The van der Waals surface area contributed by atoms with Crippen LogP contribution in [0.2, 0.25) is 10.0 Å². The van der Waals surface area contributed by atoms with Crippen LogP contribution < -0.4 is 10.5 Å². The van der Waals surface area contributed by atoms with E-state index < -0.39 is 16.1 Å². The van der Waals surface area contributed by atoms with Crippen LogP contribution in [-0.2, 0) is 16.6 Å². The van der Waals surface area contributed by atoms with Gasteiger partial charge in [-0.25, -0.2) is 23.1 Å². The van der Waals surface area contributed by atoms with E-state index in [9.17, 15) is 13.2 Å². The lowest BCUT2D eigenvalue weighted by atomic mass is 10.0. The number of carbonyl (C=O) groups is 1. The summed E-state index contributed by atoms with van der Waals surface area (Å²) in [4.78, 5) is 23.3. The lowest BCUT2D eigenvalue weighted by molar-refractivity contribution is 0.0781. The molecule has 1 aromatic carbocycles. The Kier molecular flexibility index (Phi) is 7.11. The number of nitrogens with one attached hydrogen (secondary N) is 1. The molecule has 0 aliphatic heterocycles. The fraction of sp³-hybridized carbons (Fsp3) is 0.350. The Balaban J connectivity index is 2.06. The highest BCUT2D eigenvalue weighted by Crippen LogP contribution is 2.34. The van der Waals surface area contributed by atoms with E-state index in [0.717, 1.165) is 11.8 Å². The Labute approximate surface area is 196 Å². The van der Waals surface area contributed by atoms with Crippen LogP contribution in [0.3, 0.4) is 0 Å². The third-order valence-electron chi connectivity index (χ3n) is 4.84. The molecule has 0 unspecified atom stereocenters. The van der Waals surface area contributed by atoms with Gasteiger partial charge in [-0.15, -0.1) is 0 Å². The van der Waals surface area contributed by atoms with E-state index in [-0.39, 0.29) is 24.7 Å². The molecule has 0 bridgehead atoms. The van der Waals surface area contributed by atoms with Crippen molar-refractivity contribution < 1.29 is 13.2 Å². The lowest BCUT2D eigenvalue weighted by Crippen LogP contribution is -2.42. The van der Waals surface area contributed by atoms with E-state index in [1.54, 1.807) is 42.8 Å². The normalized spacial score (nSPS) is 12.8. The number of fused-ring (bicyclic) bond motifs is 1. The highest BCUT2D eigenvalue weighted by Gasteiger charge is 2.23. The van der Waals surface area contributed by atoms with Gasteiger partial charge in [-0.1, -0.05) is 23.2 Å². The van der Waals surface area contributed by atoms with Gasteiger partial charge in [0.15, 0.2) is 0 Å². The van der Waals surface area contributed by atoms with Crippen LogP contribution in [0.15, 0.2) is 24.4 Å². The van der Waals surface area contributed by atoms with Crippen molar-refractivity contribution in [2.24, 2.45) is 5.73 Å². The van der Waals surface area contributed by atoms with Gasteiger partial charge in [0.1, 0.15) is 5.69 Å². The predicted octanol–water partition coefficient (Wildman–Crippen LogP) is 2.48. The molecule has 1 amide bonds. The van der Waals surface area contributed by atoms with Crippen molar-refractivity contribution >= 4 is 44.9 Å². The number of rotatable bonds is 7. The summed E-state index contributed by atoms with van der Waals surface area (Å²) >= 11 is 12.5. The van der Waals surface area contributed by atoms with Crippen LogP contribution in [0.25, 0.3) is 17.0 Å². The van der Waals surface area contributed by atoms with Crippen molar-refractivity contribution in [3.63, 3.8) is 0 Å². The molecule has 0 fully saturated rings. The molecule has 0 saturated heterocycles. The molecule has 3 N–H and O–H groups in total. The van der Waals surface area contributed by atoms with E-state index in [1.165, 1.54) is 4.90 Å². The smallest absolute Gasteiger partial charge is 0.273 e. The molecule has 0 aliphatic rings. The van der Waals surface area contributed by atoms with Gasteiger partial charge in [-0.05, 0) is 32.0 Å². The zero-order valence-corrected chi connectivity index (χ0v) is 20.4. The first-order valence-corrected chi connectivity index (χ1v) is 12.3. The average Bonchev–Trinajstić information content (AvgIpc) is 3.08. The summed E-state index contributed by atoms with van der Waals surface area (Å²) in [5, 5.41) is 0.925. The number of sulfonamides is 1. The molecule has 32 heavy (non-hydrogen) atoms. The number of halogens is 2. The molecule has 2 heterocycles. The van der Waals surface area contributed by atoms with E-state index in [1.807, 2.05) is 6.92 Å². The summed E-state index contributed by atoms with van der Waals surface area (Å²) in [6, 6.07) is 4.67. The second-order valence-corrected chi connectivity index (χ2v) is 10.2. The first kappa shape index (κ1) is 24.4. The summed E-state index contributed by atoms with van der Waals surface area (Å²) < 4.78 is 27.0. The maximum atomic E-state index is 13.0. The second-order valence-electron chi connectivity index (χ2n) is 7.63. The number of likely N-dealkylation sites (N-methyl/N-ethyl adjacent to an activating group) is 1. The zero-order chi connectivity index (χ0) is 23.8. The topological polar surface area (TPSA) is 123 Å². The molecule has 12 heteroatoms. The number of nitrogens with zero attached hydrogens (tertiary/aromatic N) is 4. The number of hydrogen-bond donors (Lipinski definition) is 2. The standard InChI is InChI=1S/C20H24Cl2N6O3S/c1-11(26-32(4,30)31)9-27(3)19(29)17-10-28-18(14-6-5-13(21)7-16(14)22)15(8-23)12(2)24-20(28)25-17/h5-7,10-11,26H,8-9,23H2,1-4H3/t11-/m1/s1. The minimum atomic E-state index is -3.39. The zero-order valence-electron chi connectivity index (χ0n) is 18.1. The molecular weight excluding hydrogens is 475 g/mol. The molecule has 2 aromatic heterocycles. The second kappa shape index (κ2) is 9.32. The predicted molar refractivity (Wildman–Crippen MR) is 125 cm³/mol.